The van der Waals surface area contributed by atoms with Crippen molar-refractivity contribution in [3.8, 4) is 17.0 Å². The molecule has 8 heteroatoms. The number of anilines is 1. The van der Waals surface area contributed by atoms with E-state index < -0.39 is 0 Å². The van der Waals surface area contributed by atoms with Crippen molar-refractivity contribution in [2.24, 2.45) is 13.0 Å². The number of nitrogens with one attached hydrogen (secondary N) is 1. The second kappa shape index (κ2) is 7.43. The van der Waals surface area contributed by atoms with Gasteiger partial charge in [-0.05, 0) is 51.8 Å². The summed E-state index contributed by atoms with van der Waals surface area (Å²) < 4.78 is 9.83. The number of hydrogen-bond donors (Lipinski definition) is 1. The van der Waals surface area contributed by atoms with Crippen LogP contribution in [0.25, 0.3) is 16.8 Å². The first-order valence-corrected chi connectivity index (χ1v) is 10.7. The maximum atomic E-state index is 12.0. The Balaban J connectivity index is 1.37. The third-order valence-corrected chi connectivity index (χ3v) is 6.46. The summed E-state index contributed by atoms with van der Waals surface area (Å²) in [5, 5.41) is 11.8. The molecule has 0 aromatic carbocycles. The van der Waals surface area contributed by atoms with Crippen molar-refractivity contribution in [3.05, 3.63) is 30.6 Å². The van der Waals surface area contributed by atoms with Crippen molar-refractivity contribution in [3.63, 3.8) is 0 Å². The lowest BCUT2D eigenvalue weighted by Crippen LogP contribution is -2.34. The fourth-order valence-electron chi connectivity index (χ4n) is 4.22. The molecule has 1 saturated carbocycles. The Morgan fingerprint density at radius 2 is 2.07 bits per heavy atom. The zero-order chi connectivity index (χ0) is 20.8. The number of pyridine rings is 1. The van der Waals surface area contributed by atoms with Crippen molar-refractivity contribution in [2.75, 3.05) is 19.0 Å². The molecule has 1 aliphatic heterocycles. The molecule has 0 unspecified atom stereocenters. The summed E-state index contributed by atoms with van der Waals surface area (Å²) in [6.45, 7) is 2.92. The summed E-state index contributed by atoms with van der Waals surface area (Å²) in [5.74, 6) is 1.59. The summed E-state index contributed by atoms with van der Waals surface area (Å²) in [7, 11) is 4.09. The lowest BCUT2D eigenvalue weighted by molar-refractivity contribution is -0.117. The van der Waals surface area contributed by atoms with E-state index in [1.807, 2.05) is 36.1 Å². The molecular formula is C22H28N6O2. The average molecular weight is 409 g/mol. The summed E-state index contributed by atoms with van der Waals surface area (Å²) in [6.07, 6.45) is 8.01. The van der Waals surface area contributed by atoms with Gasteiger partial charge in [-0.25, -0.2) is 4.52 Å². The summed E-state index contributed by atoms with van der Waals surface area (Å²) in [6, 6.07) is 6.98. The lowest BCUT2D eigenvalue weighted by atomic mass is 10.1. The molecule has 1 N–H and O–H groups in total. The van der Waals surface area contributed by atoms with Crippen LogP contribution >= 0.6 is 0 Å². The van der Waals surface area contributed by atoms with Crippen molar-refractivity contribution >= 4 is 17.2 Å². The quantitative estimate of drug-likeness (QED) is 0.679. The monoisotopic (exact) mass is 408 g/mol. The van der Waals surface area contributed by atoms with E-state index in [4.69, 9.17) is 4.74 Å². The van der Waals surface area contributed by atoms with E-state index in [0.29, 0.717) is 24.5 Å². The van der Waals surface area contributed by atoms with Gasteiger partial charge in [0, 0.05) is 42.9 Å². The second-order valence-electron chi connectivity index (χ2n) is 8.62. The normalized spacial score (nSPS) is 22.0. The number of aromatic nitrogens is 4. The Morgan fingerprint density at radius 3 is 2.80 bits per heavy atom. The molecule has 0 spiro atoms. The molecule has 0 bridgehead atoms. The average Bonchev–Trinajstić information content (AvgIpc) is 3.31. The van der Waals surface area contributed by atoms with Gasteiger partial charge in [-0.15, -0.1) is 0 Å². The minimum atomic E-state index is 0.0622. The van der Waals surface area contributed by atoms with E-state index >= 15 is 0 Å². The highest BCUT2D eigenvalue weighted by atomic mass is 16.5. The molecule has 3 aromatic rings. The van der Waals surface area contributed by atoms with Crippen LogP contribution in [-0.2, 0) is 11.8 Å². The van der Waals surface area contributed by atoms with Gasteiger partial charge in [0.15, 0.2) is 11.6 Å². The standard InChI is InChI=1S/C22H28N6O2/c1-14-4-7-17(26(14)2)13-30-19-12-23-27(3)21(19)16-8-9-28-18(10-16)11-20(25-28)24-22(29)15-5-6-15/h8-12,14-15,17H,4-7,13H2,1-3H3,(H,24,25,29)/t14-,17-/m1/s1. The van der Waals surface area contributed by atoms with Gasteiger partial charge in [-0.2, -0.15) is 10.2 Å². The van der Waals surface area contributed by atoms with Gasteiger partial charge < -0.3 is 10.1 Å². The first kappa shape index (κ1) is 19.1. The van der Waals surface area contributed by atoms with Crippen LogP contribution in [0.5, 0.6) is 5.75 Å². The van der Waals surface area contributed by atoms with Gasteiger partial charge in [0.1, 0.15) is 12.3 Å². The van der Waals surface area contributed by atoms with Gasteiger partial charge in [-0.1, -0.05) is 0 Å². The number of carbonyl (C=O) groups is 1. The highest BCUT2D eigenvalue weighted by molar-refractivity contribution is 5.93. The fraction of sp³-hybridized carbons (Fsp3) is 0.500. The molecule has 0 radical (unpaired) electrons. The number of rotatable bonds is 6. The molecule has 4 heterocycles. The lowest BCUT2D eigenvalue weighted by Gasteiger charge is -2.23. The third-order valence-electron chi connectivity index (χ3n) is 6.46. The number of carbonyl (C=O) groups excluding carboxylic acids is 1. The van der Waals surface area contributed by atoms with Gasteiger partial charge in [-0.3, -0.25) is 14.4 Å². The highest BCUT2D eigenvalue weighted by Crippen LogP contribution is 2.32. The fourth-order valence-corrected chi connectivity index (χ4v) is 4.22. The van der Waals surface area contributed by atoms with Gasteiger partial charge in [0.2, 0.25) is 5.91 Å². The molecule has 1 amide bonds. The van der Waals surface area contributed by atoms with Crippen LogP contribution in [0.15, 0.2) is 30.6 Å². The summed E-state index contributed by atoms with van der Waals surface area (Å²) >= 11 is 0. The van der Waals surface area contributed by atoms with Crippen LogP contribution in [0, 0.1) is 5.92 Å². The topological polar surface area (TPSA) is 76.7 Å². The number of amides is 1. The minimum Gasteiger partial charge on any atom is -0.488 e. The number of likely N-dealkylation sites (N-methyl/N-ethyl adjacent to an activating group) is 1. The van der Waals surface area contributed by atoms with Gasteiger partial charge in [0.05, 0.1) is 11.7 Å². The van der Waals surface area contributed by atoms with Gasteiger partial charge in [0.25, 0.3) is 0 Å². The van der Waals surface area contributed by atoms with Crippen molar-refractivity contribution in [2.45, 2.75) is 44.7 Å². The number of nitrogens with zero attached hydrogens (tertiary/aromatic N) is 5. The van der Waals surface area contributed by atoms with Crippen LogP contribution in [0.1, 0.15) is 32.6 Å². The number of likely N-dealkylation sites (tertiary alicyclic amines) is 1. The SMILES string of the molecule is C[C@@H]1CC[C@H](COc2cnn(C)c2-c2ccn3nc(NC(=O)C4CC4)cc3c2)N1C. The van der Waals surface area contributed by atoms with Crippen LogP contribution in [0.3, 0.4) is 0 Å². The van der Waals surface area contributed by atoms with Crippen molar-refractivity contribution < 1.29 is 9.53 Å². The minimum absolute atomic E-state index is 0.0622. The number of fused-ring (bicyclic) bond motifs is 1. The molecule has 2 atom stereocenters. The first-order chi connectivity index (χ1) is 14.5. The number of hydrogen-bond acceptors (Lipinski definition) is 5. The third kappa shape index (κ3) is 3.56. The van der Waals surface area contributed by atoms with E-state index in [1.54, 1.807) is 10.7 Å². The van der Waals surface area contributed by atoms with Crippen molar-refractivity contribution in [1.29, 1.82) is 0 Å². The Labute approximate surface area is 175 Å². The molecule has 3 aromatic heterocycles. The molecule has 2 aliphatic rings. The van der Waals surface area contributed by atoms with E-state index in [0.717, 1.165) is 41.8 Å². The maximum absolute atomic E-state index is 12.0. The zero-order valence-corrected chi connectivity index (χ0v) is 17.7. The molecule has 1 saturated heterocycles. The van der Waals surface area contributed by atoms with Crippen LogP contribution in [0.2, 0.25) is 0 Å². The summed E-state index contributed by atoms with van der Waals surface area (Å²) in [4.78, 5) is 14.4. The van der Waals surface area contributed by atoms with E-state index in [2.05, 4.69) is 34.4 Å². The maximum Gasteiger partial charge on any atom is 0.228 e. The first-order valence-electron chi connectivity index (χ1n) is 10.7. The summed E-state index contributed by atoms with van der Waals surface area (Å²) in [5.41, 5.74) is 2.86. The Hall–Kier alpha value is -2.87. The second-order valence-corrected chi connectivity index (χ2v) is 8.62. The van der Waals surface area contributed by atoms with Crippen LogP contribution in [0.4, 0.5) is 5.82 Å². The van der Waals surface area contributed by atoms with Gasteiger partial charge >= 0.3 is 0 Å². The molecule has 1 aliphatic carbocycles. The molecule has 2 fully saturated rings. The number of ether oxygens (including phenoxy) is 1. The molecule has 8 nitrogen and oxygen atoms in total. The van der Waals surface area contributed by atoms with E-state index in [1.165, 1.54) is 6.42 Å². The molecule has 5 rings (SSSR count). The largest absolute Gasteiger partial charge is 0.488 e. The molecule has 158 valence electrons. The Morgan fingerprint density at radius 1 is 1.23 bits per heavy atom. The molecular weight excluding hydrogens is 380 g/mol. The van der Waals surface area contributed by atoms with E-state index in [-0.39, 0.29) is 11.8 Å². The highest BCUT2D eigenvalue weighted by Gasteiger charge is 2.30. The smallest absolute Gasteiger partial charge is 0.228 e. The Bertz CT molecular complexity index is 1080. The zero-order valence-electron chi connectivity index (χ0n) is 17.7. The predicted molar refractivity (Wildman–Crippen MR) is 114 cm³/mol. The van der Waals surface area contributed by atoms with Crippen LogP contribution < -0.4 is 10.1 Å². The van der Waals surface area contributed by atoms with Crippen molar-refractivity contribution in [1.82, 2.24) is 24.3 Å². The number of aryl methyl sites for hydroxylation is 1. The Kier molecular flexibility index (Phi) is 4.73. The molecule has 30 heavy (non-hydrogen) atoms. The van der Waals surface area contributed by atoms with Crippen LogP contribution in [-0.4, -0.2) is 55.9 Å². The van der Waals surface area contributed by atoms with E-state index in [9.17, 15) is 4.79 Å². The predicted octanol–water partition coefficient (Wildman–Crippen LogP) is 2.94.